The van der Waals surface area contributed by atoms with Crippen LogP contribution in [0.3, 0.4) is 0 Å². The molecule has 1 saturated heterocycles. The van der Waals surface area contributed by atoms with E-state index in [2.05, 4.69) is 11.9 Å². The second-order valence-electron chi connectivity index (χ2n) is 6.47. The third-order valence-corrected chi connectivity index (χ3v) is 5.54. The summed E-state index contributed by atoms with van der Waals surface area (Å²) in [5.74, 6) is 0.309. The summed E-state index contributed by atoms with van der Waals surface area (Å²) in [4.78, 5) is 30.4. The minimum Gasteiger partial charge on any atom is -0.463 e. The van der Waals surface area contributed by atoms with Crippen molar-refractivity contribution in [1.29, 1.82) is 0 Å². The van der Waals surface area contributed by atoms with Gasteiger partial charge in [-0.15, -0.1) is 0 Å². The quantitative estimate of drug-likeness (QED) is 0.318. The fourth-order valence-electron chi connectivity index (χ4n) is 2.81. The third-order valence-electron chi connectivity index (χ3n) is 4.24. The van der Waals surface area contributed by atoms with Gasteiger partial charge in [-0.1, -0.05) is 42.8 Å². The van der Waals surface area contributed by atoms with Crippen molar-refractivity contribution < 1.29 is 14.3 Å². The van der Waals surface area contributed by atoms with Gasteiger partial charge in [0.2, 0.25) is 0 Å². The Morgan fingerprint density at radius 2 is 2.03 bits per heavy atom. The smallest absolute Gasteiger partial charge is 0.271 e. The molecule has 0 unspecified atom stereocenters. The Balaban J connectivity index is 1.92. The van der Waals surface area contributed by atoms with Crippen molar-refractivity contribution in [2.45, 2.75) is 20.3 Å². The monoisotopic (exact) mass is 440 g/mol. The first-order valence-corrected chi connectivity index (χ1v) is 10.6. The predicted molar refractivity (Wildman–Crippen MR) is 124 cm³/mol. The maximum atomic E-state index is 13.2. The molecule has 2 aromatic rings. The molecule has 1 heterocycles. The van der Waals surface area contributed by atoms with Gasteiger partial charge in [0.05, 0.1) is 21.9 Å². The number of aldehydes is 1. The fraction of sp³-hybridized carbons (Fsp3) is 0.174. The minimum atomic E-state index is -0.116. The number of carbonyl (C=O) groups excluding carboxylic acids is 2. The summed E-state index contributed by atoms with van der Waals surface area (Å²) in [5, 5.41) is 1.05. The van der Waals surface area contributed by atoms with Crippen molar-refractivity contribution in [2.75, 3.05) is 11.4 Å². The number of aryl methyl sites for hydroxylation is 1. The molecule has 0 atom stereocenters. The van der Waals surface area contributed by atoms with E-state index in [1.165, 1.54) is 24.1 Å². The molecule has 0 saturated carbocycles. The van der Waals surface area contributed by atoms with E-state index in [4.69, 9.17) is 16.3 Å². The summed E-state index contributed by atoms with van der Waals surface area (Å²) >= 11 is 7.63. The molecule has 154 valence electrons. The fourth-order valence-corrected chi connectivity index (χ4v) is 4.04. The molecule has 0 aromatic heterocycles. The van der Waals surface area contributed by atoms with Crippen molar-refractivity contribution in [3.63, 3.8) is 0 Å². The van der Waals surface area contributed by atoms with E-state index in [0.717, 1.165) is 23.2 Å². The molecule has 1 fully saturated rings. The van der Waals surface area contributed by atoms with Crippen LogP contribution >= 0.6 is 23.4 Å². The molecular weight excluding hydrogens is 420 g/mol. The van der Waals surface area contributed by atoms with Gasteiger partial charge >= 0.3 is 0 Å². The number of halogens is 1. The van der Waals surface area contributed by atoms with Crippen LogP contribution in [0, 0.1) is 6.92 Å². The Morgan fingerprint density at radius 1 is 1.23 bits per heavy atom. The molecule has 0 bridgehead atoms. The topological polar surface area (TPSA) is 59.0 Å². The predicted octanol–water partition coefficient (Wildman–Crippen LogP) is 5.63. The van der Waals surface area contributed by atoms with E-state index in [9.17, 15) is 9.59 Å². The van der Waals surface area contributed by atoms with Crippen LogP contribution in [0.2, 0.25) is 5.02 Å². The van der Waals surface area contributed by atoms with E-state index in [1.807, 2.05) is 31.2 Å². The van der Waals surface area contributed by atoms with Gasteiger partial charge < -0.3 is 4.74 Å². The zero-order valence-electron chi connectivity index (χ0n) is 16.7. The van der Waals surface area contributed by atoms with Crippen LogP contribution in [0.25, 0.3) is 6.08 Å². The molecule has 0 spiro atoms. The summed E-state index contributed by atoms with van der Waals surface area (Å²) in [6.45, 7) is 4.68. The highest BCUT2D eigenvalue weighted by molar-refractivity contribution is 8.19. The van der Waals surface area contributed by atoms with Crippen LogP contribution in [-0.4, -0.2) is 23.9 Å². The van der Waals surface area contributed by atoms with E-state index in [0.29, 0.717) is 33.7 Å². The minimum absolute atomic E-state index is 0.116. The van der Waals surface area contributed by atoms with Gasteiger partial charge in [0, 0.05) is 12.6 Å². The van der Waals surface area contributed by atoms with Crippen LogP contribution in [0.4, 0.5) is 5.69 Å². The number of allylic oxidation sites excluding steroid dienone is 1. The van der Waals surface area contributed by atoms with E-state index >= 15 is 0 Å². The van der Waals surface area contributed by atoms with Crippen LogP contribution < -0.4 is 9.64 Å². The standard InChI is InChI=1S/C23H21ClN2O3S/c1-3-11-25-23-26(19-8-5-4-7-16(19)2)22(28)21(30-23)15-17-9-10-20(18(24)14-17)29-13-6-12-27/h4-10,12-15H,3,11H2,1-2H3. The highest BCUT2D eigenvalue weighted by atomic mass is 35.5. The first-order valence-electron chi connectivity index (χ1n) is 9.45. The number of hydrogen-bond acceptors (Lipinski definition) is 5. The second kappa shape index (κ2) is 10.3. The van der Waals surface area contributed by atoms with Crippen molar-refractivity contribution in [3.05, 3.63) is 75.9 Å². The lowest BCUT2D eigenvalue weighted by Crippen LogP contribution is -2.29. The molecule has 3 rings (SSSR count). The van der Waals surface area contributed by atoms with E-state index in [-0.39, 0.29) is 5.91 Å². The molecule has 1 amide bonds. The SMILES string of the molecule is CCCN=C1SC(=Cc2ccc(OC=CC=O)c(Cl)c2)C(=O)N1c1ccccc1C. The number of rotatable bonds is 7. The van der Waals surface area contributed by atoms with Gasteiger partial charge in [0.25, 0.3) is 5.91 Å². The third kappa shape index (κ3) is 5.01. The van der Waals surface area contributed by atoms with Crippen molar-refractivity contribution in [3.8, 4) is 5.75 Å². The van der Waals surface area contributed by atoms with Crippen molar-refractivity contribution in [2.24, 2.45) is 4.99 Å². The Bertz CT molecular complexity index is 1050. The number of ether oxygens (including phenoxy) is 1. The summed E-state index contributed by atoms with van der Waals surface area (Å²) in [6.07, 6.45) is 5.81. The average molecular weight is 441 g/mol. The lowest BCUT2D eigenvalue weighted by molar-refractivity contribution is -0.113. The maximum Gasteiger partial charge on any atom is 0.271 e. The number of benzene rings is 2. The van der Waals surface area contributed by atoms with Gasteiger partial charge in [0.15, 0.2) is 5.17 Å². The van der Waals surface area contributed by atoms with Gasteiger partial charge in [-0.25, -0.2) is 0 Å². The van der Waals surface area contributed by atoms with Crippen molar-refractivity contribution >= 4 is 52.5 Å². The molecule has 1 aliphatic heterocycles. The maximum absolute atomic E-state index is 13.2. The van der Waals surface area contributed by atoms with Crippen LogP contribution in [0.15, 0.2) is 64.7 Å². The Labute approximate surface area is 185 Å². The Hall–Kier alpha value is -2.83. The summed E-state index contributed by atoms with van der Waals surface area (Å²) in [7, 11) is 0. The average Bonchev–Trinajstić information content (AvgIpc) is 3.03. The second-order valence-corrected chi connectivity index (χ2v) is 7.89. The zero-order valence-corrected chi connectivity index (χ0v) is 18.2. The van der Waals surface area contributed by atoms with Crippen LogP contribution in [0.5, 0.6) is 5.75 Å². The number of carbonyl (C=O) groups is 2. The highest BCUT2D eigenvalue weighted by Gasteiger charge is 2.35. The lowest BCUT2D eigenvalue weighted by atomic mass is 10.1. The molecule has 0 N–H and O–H groups in total. The largest absolute Gasteiger partial charge is 0.463 e. The van der Waals surface area contributed by atoms with Crippen LogP contribution in [0.1, 0.15) is 24.5 Å². The van der Waals surface area contributed by atoms with E-state index in [1.54, 1.807) is 29.2 Å². The van der Waals surface area contributed by atoms with Gasteiger partial charge in [-0.05, 0) is 60.5 Å². The summed E-state index contributed by atoms with van der Waals surface area (Å²) in [6, 6.07) is 13.0. The molecule has 0 aliphatic carbocycles. The first kappa shape index (κ1) is 21.9. The number of para-hydroxylation sites is 1. The number of hydrogen-bond donors (Lipinski definition) is 0. The van der Waals surface area contributed by atoms with Crippen molar-refractivity contribution in [1.82, 2.24) is 0 Å². The highest BCUT2D eigenvalue weighted by Crippen LogP contribution is 2.38. The number of anilines is 1. The first-order chi connectivity index (χ1) is 14.5. The van der Waals surface area contributed by atoms with E-state index < -0.39 is 0 Å². The van der Waals surface area contributed by atoms with Crippen LogP contribution in [-0.2, 0) is 9.59 Å². The zero-order chi connectivity index (χ0) is 21.5. The summed E-state index contributed by atoms with van der Waals surface area (Å²) in [5.41, 5.74) is 2.60. The van der Waals surface area contributed by atoms with Gasteiger partial charge in [0.1, 0.15) is 12.0 Å². The molecule has 0 radical (unpaired) electrons. The molecule has 30 heavy (non-hydrogen) atoms. The number of thioether (sulfide) groups is 1. The number of aliphatic imine (C=N–C) groups is 1. The lowest BCUT2D eigenvalue weighted by Gasteiger charge is -2.17. The number of amidine groups is 1. The molecule has 2 aromatic carbocycles. The Kier molecular flexibility index (Phi) is 7.49. The summed E-state index contributed by atoms with van der Waals surface area (Å²) < 4.78 is 5.31. The van der Waals surface area contributed by atoms with Gasteiger partial charge in [-0.2, -0.15) is 0 Å². The number of nitrogens with zero attached hydrogens (tertiary/aromatic N) is 2. The van der Waals surface area contributed by atoms with Gasteiger partial charge in [-0.3, -0.25) is 19.5 Å². The molecule has 1 aliphatic rings. The number of amides is 1. The Morgan fingerprint density at radius 3 is 2.73 bits per heavy atom. The molecule has 5 nitrogen and oxygen atoms in total. The molecule has 7 heteroatoms. The normalized spacial score (nSPS) is 16.8. The molecular formula is C23H21ClN2O3S.